The summed E-state index contributed by atoms with van der Waals surface area (Å²) in [5.41, 5.74) is 10.00. The van der Waals surface area contributed by atoms with Crippen LogP contribution in [0.3, 0.4) is 0 Å². The Hall–Kier alpha value is -4.01. The first kappa shape index (κ1) is 22.8. The molecule has 180 valence electrons. The standard InChI is InChI=1S/C26H28N6O3/c1-16(33)23-24(27)32-25(30-26(23)31-11-9-17(10-12-31)13-22(34)35)20(15-29-32)19-7-8-21(28-14-19)18-5-3-2-4-6-18/h2-5,7-8,14-15,17-18H,6,9-13,27H2,1H3,(H,34,35). The van der Waals surface area contributed by atoms with Crippen molar-refractivity contribution in [3.8, 4) is 11.1 Å². The lowest BCUT2D eigenvalue weighted by Gasteiger charge is -2.33. The van der Waals surface area contributed by atoms with Crippen molar-refractivity contribution in [1.29, 1.82) is 0 Å². The second-order valence-electron chi connectivity index (χ2n) is 9.20. The maximum atomic E-state index is 12.6. The maximum Gasteiger partial charge on any atom is 0.303 e. The van der Waals surface area contributed by atoms with E-state index in [1.807, 2.05) is 35.4 Å². The molecule has 0 spiro atoms. The Balaban J connectivity index is 1.50. The minimum atomic E-state index is -0.781. The van der Waals surface area contributed by atoms with Gasteiger partial charge in [0.05, 0.1) is 6.20 Å². The zero-order valence-electron chi connectivity index (χ0n) is 19.6. The zero-order valence-corrected chi connectivity index (χ0v) is 19.6. The van der Waals surface area contributed by atoms with E-state index in [0.29, 0.717) is 30.1 Å². The van der Waals surface area contributed by atoms with Gasteiger partial charge in [-0.25, -0.2) is 4.98 Å². The van der Waals surface area contributed by atoms with Crippen LogP contribution in [-0.2, 0) is 4.79 Å². The summed E-state index contributed by atoms with van der Waals surface area (Å²) in [6.07, 6.45) is 14.4. The normalized spacial score (nSPS) is 18.3. The van der Waals surface area contributed by atoms with Crippen molar-refractivity contribution in [2.24, 2.45) is 5.92 Å². The number of Topliss-reactive ketones (excluding diaryl/α,β-unsaturated/α-hetero) is 1. The number of carbonyl (C=O) groups excluding carboxylic acids is 1. The molecule has 1 aliphatic heterocycles. The number of hydrogen-bond donors (Lipinski definition) is 2. The zero-order chi connectivity index (χ0) is 24.5. The van der Waals surface area contributed by atoms with Gasteiger partial charge >= 0.3 is 5.97 Å². The fourth-order valence-corrected chi connectivity index (χ4v) is 4.95. The maximum absolute atomic E-state index is 12.6. The molecule has 3 aromatic rings. The van der Waals surface area contributed by atoms with E-state index in [0.717, 1.165) is 36.1 Å². The van der Waals surface area contributed by atoms with Gasteiger partial charge in [0.1, 0.15) is 17.2 Å². The average Bonchev–Trinajstić information content (AvgIpc) is 3.29. The van der Waals surface area contributed by atoms with Crippen LogP contribution in [0.4, 0.5) is 11.6 Å². The summed E-state index contributed by atoms with van der Waals surface area (Å²) in [6, 6.07) is 4.04. The van der Waals surface area contributed by atoms with Crippen LogP contribution in [-0.4, -0.2) is 49.5 Å². The van der Waals surface area contributed by atoms with Crippen molar-refractivity contribution in [3.05, 3.63) is 60.1 Å². The van der Waals surface area contributed by atoms with E-state index in [9.17, 15) is 9.59 Å². The van der Waals surface area contributed by atoms with E-state index in [1.54, 1.807) is 6.20 Å². The fraction of sp³-hybridized carbons (Fsp3) is 0.346. The minimum absolute atomic E-state index is 0.121. The van der Waals surface area contributed by atoms with Crippen molar-refractivity contribution in [2.45, 2.75) is 38.5 Å². The number of anilines is 2. The highest BCUT2D eigenvalue weighted by Crippen LogP contribution is 2.34. The first-order valence-electron chi connectivity index (χ1n) is 11.9. The van der Waals surface area contributed by atoms with E-state index in [1.165, 1.54) is 11.4 Å². The second kappa shape index (κ2) is 9.32. The molecule has 0 amide bonds. The molecule has 1 fully saturated rings. The summed E-state index contributed by atoms with van der Waals surface area (Å²) >= 11 is 0. The summed E-state index contributed by atoms with van der Waals surface area (Å²) in [4.78, 5) is 35.3. The molecule has 9 heteroatoms. The molecule has 1 unspecified atom stereocenters. The van der Waals surface area contributed by atoms with Crippen molar-refractivity contribution in [3.63, 3.8) is 0 Å². The largest absolute Gasteiger partial charge is 0.481 e. The molecule has 1 aliphatic carbocycles. The Labute approximate surface area is 203 Å². The predicted molar refractivity (Wildman–Crippen MR) is 133 cm³/mol. The minimum Gasteiger partial charge on any atom is -0.481 e. The van der Waals surface area contributed by atoms with Crippen molar-refractivity contribution < 1.29 is 14.7 Å². The lowest BCUT2D eigenvalue weighted by atomic mass is 9.93. The third-order valence-corrected chi connectivity index (χ3v) is 6.85. The number of aliphatic carboxylic acids is 1. The molecule has 2 aliphatic rings. The molecule has 1 atom stereocenters. The second-order valence-corrected chi connectivity index (χ2v) is 9.20. The van der Waals surface area contributed by atoms with Gasteiger partial charge in [-0.2, -0.15) is 9.61 Å². The fourth-order valence-electron chi connectivity index (χ4n) is 4.95. The van der Waals surface area contributed by atoms with E-state index >= 15 is 0 Å². The van der Waals surface area contributed by atoms with Gasteiger partial charge in [0.25, 0.3) is 0 Å². The lowest BCUT2D eigenvalue weighted by Crippen LogP contribution is -2.36. The number of ketones is 1. The number of nitrogens with zero attached hydrogens (tertiary/aromatic N) is 5. The Morgan fingerprint density at radius 2 is 1.97 bits per heavy atom. The van der Waals surface area contributed by atoms with Crippen LogP contribution in [0.5, 0.6) is 0 Å². The number of nitrogens with two attached hydrogens (primary N) is 1. The molecular formula is C26H28N6O3. The Morgan fingerprint density at radius 3 is 2.60 bits per heavy atom. The third-order valence-electron chi connectivity index (χ3n) is 6.85. The molecule has 3 aromatic heterocycles. The topological polar surface area (TPSA) is 127 Å². The Bertz CT molecular complexity index is 1330. The number of rotatable bonds is 6. The van der Waals surface area contributed by atoms with Crippen molar-refractivity contribution >= 4 is 29.0 Å². The van der Waals surface area contributed by atoms with Crippen LogP contribution in [0.15, 0.2) is 48.8 Å². The predicted octanol–water partition coefficient (Wildman–Crippen LogP) is 3.87. The smallest absolute Gasteiger partial charge is 0.303 e. The number of allylic oxidation sites excluding steroid dienone is 4. The molecule has 0 bridgehead atoms. The quantitative estimate of drug-likeness (QED) is 0.518. The van der Waals surface area contributed by atoms with E-state index in [-0.39, 0.29) is 29.9 Å². The van der Waals surface area contributed by atoms with Crippen molar-refractivity contribution in [2.75, 3.05) is 23.7 Å². The molecular weight excluding hydrogens is 444 g/mol. The van der Waals surface area contributed by atoms with Crippen molar-refractivity contribution in [1.82, 2.24) is 19.6 Å². The summed E-state index contributed by atoms with van der Waals surface area (Å²) in [5.74, 6) is 0.200. The summed E-state index contributed by atoms with van der Waals surface area (Å²) in [5, 5.41) is 13.5. The number of piperidine rings is 1. The van der Waals surface area contributed by atoms with Gasteiger partial charge in [-0.3, -0.25) is 14.6 Å². The molecule has 3 N–H and O–H groups in total. The number of pyridine rings is 1. The molecule has 5 rings (SSSR count). The van der Waals surface area contributed by atoms with Gasteiger partial charge in [0, 0.05) is 48.4 Å². The Morgan fingerprint density at radius 1 is 1.17 bits per heavy atom. The Kier molecular flexibility index (Phi) is 6.07. The number of hydrogen-bond acceptors (Lipinski definition) is 7. The van der Waals surface area contributed by atoms with Gasteiger partial charge in [-0.1, -0.05) is 30.4 Å². The third kappa shape index (κ3) is 4.41. The average molecular weight is 473 g/mol. The van der Waals surface area contributed by atoms with Crippen LogP contribution in [0.2, 0.25) is 0 Å². The van der Waals surface area contributed by atoms with E-state index in [2.05, 4.69) is 22.2 Å². The van der Waals surface area contributed by atoms with Gasteiger partial charge in [-0.05, 0) is 38.2 Å². The van der Waals surface area contributed by atoms with E-state index in [4.69, 9.17) is 15.8 Å². The molecule has 35 heavy (non-hydrogen) atoms. The molecule has 9 nitrogen and oxygen atoms in total. The molecule has 0 aromatic carbocycles. The lowest BCUT2D eigenvalue weighted by molar-refractivity contribution is -0.138. The number of carbonyl (C=O) groups is 2. The summed E-state index contributed by atoms with van der Waals surface area (Å²) < 4.78 is 1.51. The van der Waals surface area contributed by atoms with E-state index < -0.39 is 5.97 Å². The van der Waals surface area contributed by atoms with Crippen LogP contribution in [0.1, 0.15) is 54.6 Å². The first-order valence-corrected chi connectivity index (χ1v) is 11.9. The van der Waals surface area contributed by atoms with Gasteiger partial charge in [0.15, 0.2) is 11.4 Å². The highest BCUT2D eigenvalue weighted by atomic mass is 16.4. The summed E-state index contributed by atoms with van der Waals surface area (Å²) in [6.45, 7) is 2.70. The highest BCUT2D eigenvalue weighted by molar-refractivity contribution is 6.04. The number of carboxylic acid groups (broad SMARTS) is 1. The van der Waals surface area contributed by atoms with Gasteiger partial charge in [0.2, 0.25) is 0 Å². The van der Waals surface area contributed by atoms with Crippen LogP contribution in [0.25, 0.3) is 16.8 Å². The van der Waals surface area contributed by atoms with Crippen LogP contribution >= 0.6 is 0 Å². The molecule has 0 radical (unpaired) electrons. The number of fused-ring (bicyclic) bond motifs is 1. The number of aromatic nitrogens is 4. The SMILES string of the molecule is CC(=O)c1c(N2CCC(CC(=O)O)CC2)nc2c(-c3ccc(C4C=CC=CC4)nc3)cnn2c1N. The molecule has 1 saturated heterocycles. The summed E-state index contributed by atoms with van der Waals surface area (Å²) in [7, 11) is 0. The number of nitrogen functional groups attached to an aromatic ring is 1. The van der Waals surface area contributed by atoms with Gasteiger partial charge < -0.3 is 15.7 Å². The molecule has 0 saturated carbocycles. The monoisotopic (exact) mass is 472 g/mol. The van der Waals surface area contributed by atoms with Gasteiger partial charge in [-0.15, -0.1) is 0 Å². The molecule has 4 heterocycles. The van der Waals surface area contributed by atoms with Crippen LogP contribution < -0.4 is 10.6 Å². The highest BCUT2D eigenvalue weighted by Gasteiger charge is 2.28. The first-order chi connectivity index (χ1) is 16.9. The number of carboxylic acids is 1. The van der Waals surface area contributed by atoms with Crippen LogP contribution in [0, 0.1) is 5.92 Å².